The normalized spacial score (nSPS) is 12.0. The molecule has 0 spiro atoms. The molecule has 1 atom stereocenters. The molecular formula is C33H25ClF2N4O3. The molecule has 43 heavy (non-hydrogen) atoms. The molecule has 0 saturated heterocycles. The molecule has 0 aliphatic rings. The molecular weight excluding hydrogens is 574 g/mol. The molecule has 7 nitrogen and oxygen atoms in total. The van der Waals surface area contributed by atoms with Crippen molar-refractivity contribution in [2.75, 3.05) is 12.3 Å². The number of rotatable bonds is 8. The van der Waals surface area contributed by atoms with Crippen LogP contribution in [0, 0.1) is 11.6 Å². The zero-order valence-electron chi connectivity index (χ0n) is 22.9. The lowest BCUT2D eigenvalue weighted by Crippen LogP contribution is -2.13. The lowest BCUT2D eigenvalue weighted by molar-refractivity contribution is 0.282. The molecule has 10 heteroatoms. The third-order valence-corrected chi connectivity index (χ3v) is 7.59. The van der Waals surface area contributed by atoms with Gasteiger partial charge in [0.05, 0.1) is 23.0 Å². The van der Waals surface area contributed by atoms with Crippen LogP contribution in [-0.2, 0) is 0 Å². The Bertz CT molecular complexity index is 2050. The van der Waals surface area contributed by atoms with Crippen LogP contribution in [0.15, 0.2) is 90.1 Å². The largest absolute Gasteiger partial charge is 0.493 e. The van der Waals surface area contributed by atoms with Crippen LogP contribution >= 0.6 is 11.6 Å². The van der Waals surface area contributed by atoms with Crippen LogP contribution < -0.4 is 20.6 Å². The fourth-order valence-electron chi connectivity index (χ4n) is 5.02. The third kappa shape index (κ3) is 5.47. The van der Waals surface area contributed by atoms with Crippen LogP contribution in [0.1, 0.15) is 24.8 Å². The van der Waals surface area contributed by atoms with Gasteiger partial charge in [0, 0.05) is 58.8 Å². The Morgan fingerprint density at radius 2 is 1.81 bits per heavy atom. The molecule has 216 valence electrons. The van der Waals surface area contributed by atoms with E-state index in [1.54, 1.807) is 60.8 Å². The van der Waals surface area contributed by atoms with Gasteiger partial charge in [-0.25, -0.2) is 13.8 Å². The first kappa shape index (κ1) is 28.1. The molecule has 6 aromatic rings. The van der Waals surface area contributed by atoms with Crippen molar-refractivity contribution >= 4 is 39.1 Å². The van der Waals surface area contributed by atoms with Crippen LogP contribution in [0.25, 0.3) is 32.9 Å². The summed E-state index contributed by atoms with van der Waals surface area (Å²) in [6.45, 7) is 2.12. The molecule has 0 aliphatic heterocycles. The number of ether oxygens (including phenoxy) is 2. The Labute approximate surface area is 249 Å². The summed E-state index contributed by atoms with van der Waals surface area (Å²) in [5, 5.41) is 0.921. The zero-order chi connectivity index (χ0) is 30.1. The van der Waals surface area contributed by atoms with Crippen LogP contribution in [0.5, 0.6) is 17.2 Å². The van der Waals surface area contributed by atoms with Crippen molar-refractivity contribution in [1.29, 1.82) is 0 Å². The summed E-state index contributed by atoms with van der Waals surface area (Å²) in [6, 6.07) is 17.8. The number of fused-ring (bicyclic) bond motifs is 2. The molecule has 3 aromatic heterocycles. The molecule has 3 N–H and O–H groups in total. The van der Waals surface area contributed by atoms with Crippen molar-refractivity contribution in [2.45, 2.75) is 19.3 Å². The van der Waals surface area contributed by atoms with Crippen molar-refractivity contribution < 1.29 is 18.3 Å². The smallest absolute Gasteiger partial charge is 0.200 e. The summed E-state index contributed by atoms with van der Waals surface area (Å²) in [6.07, 6.45) is 5.13. The number of pyridine rings is 3. The van der Waals surface area contributed by atoms with Gasteiger partial charge in [-0.3, -0.25) is 9.78 Å². The molecule has 3 heterocycles. The summed E-state index contributed by atoms with van der Waals surface area (Å²) in [5.41, 5.74) is 7.38. The number of halogens is 3. The van der Waals surface area contributed by atoms with Crippen LogP contribution in [-0.4, -0.2) is 21.6 Å². The van der Waals surface area contributed by atoms with Gasteiger partial charge in [-0.2, -0.15) is 0 Å². The fourth-order valence-corrected chi connectivity index (χ4v) is 5.26. The average Bonchev–Trinajstić information content (AvgIpc) is 3.00. The summed E-state index contributed by atoms with van der Waals surface area (Å²) in [7, 11) is 0. The van der Waals surface area contributed by atoms with E-state index in [0.29, 0.717) is 45.6 Å². The predicted octanol–water partition coefficient (Wildman–Crippen LogP) is 8.02. The van der Waals surface area contributed by atoms with E-state index in [1.165, 1.54) is 24.5 Å². The van der Waals surface area contributed by atoms with Gasteiger partial charge in [0.25, 0.3) is 0 Å². The van der Waals surface area contributed by atoms with Gasteiger partial charge in [-0.15, -0.1) is 0 Å². The Balaban J connectivity index is 1.25. The maximum Gasteiger partial charge on any atom is 0.200 e. The lowest BCUT2D eigenvalue weighted by atomic mass is 9.93. The van der Waals surface area contributed by atoms with Crippen molar-refractivity contribution in [3.05, 3.63) is 118 Å². The summed E-state index contributed by atoms with van der Waals surface area (Å²) < 4.78 is 42.2. The van der Waals surface area contributed by atoms with E-state index in [9.17, 15) is 9.18 Å². The van der Waals surface area contributed by atoms with E-state index in [4.69, 9.17) is 26.8 Å². The van der Waals surface area contributed by atoms with E-state index in [1.807, 2.05) is 6.92 Å². The van der Waals surface area contributed by atoms with Gasteiger partial charge in [0.1, 0.15) is 22.5 Å². The molecule has 0 radical (unpaired) electrons. The minimum atomic E-state index is -0.571. The van der Waals surface area contributed by atoms with Crippen LogP contribution in [0.2, 0.25) is 5.15 Å². The molecule has 3 aromatic carbocycles. The zero-order valence-corrected chi connectivity index (χ0v) is 23.7. The highest BCUT2D eigenvalue weighted by atomic mass is 35.5. The van der Waals surface area contributed by atoms with Gasteiger partial charge in [0.15, 0.2) is 17.0 Å². The van der Waals surface area contributed by atoms with E-state index < -0.39 is 17.1 Å². The molecule has 6 rings (SSSR count). The van der Waals surface area contributed by atoms with Crippen molar-refractivity contribution in [2.24, 2.45) is 0 Å². The number of hydrogen-bond donors (Lipinski definition) is 2. The highest BCUT2D eigenvalue weighted by Gasteiger charge is 2.21. The second-order valence-corrected chi connectivity index (χ2v) is 10.3. The Morgan fingerprint density at radius 3 is 2.63 bits per heavy atom. The van der Waals surface area contributed by atoms with E-state index in [0.717, 1.165) is 0 Å². The van der Waals surface area contributed by atoms with Gasteiger partial charge < -0.3 is 20.2 Å². The monoisotopic (exact) mass is 598 g/mol. The van der Waals surface area contributed by atoms with Crippen molar-refractivity contribution in [1.82, 2.24) is 15.0 Å². The number of aromatic amines is 1. The first-order chi connectivity index (χ1) is 20.8. The van der Waals surface area contributed by atoms with Gasteiger partial charge in [0.2, 0.25) is 0 Å². The topological polar surface area (TPSA) is 103 Å². The van der Waals surface area contributed by atoms with E-state index in [-0.39, 0.29) is 39.9 Å². The maximum atomic E-state index is 16.0. The van der Waals surface area contributed by atoms with Gasteiger partial charge in [-0.1, -0.05) is 36.7 Å². The molecule has 0 saturated carbocycles. The number of hydrogen-bond acceptors (Lipinski definition) is 6. The van der Waals surface area contributed by atoms with Gasteiger partial charge in [-0.05, 0) is 48.4 Å². The number of anilines is 1. The summed E-state index contributed by atoms with van der Waals surface area (Å²) >= 11 is 6.19. The predicted molar refractivity (Wildman–Crippen MR) is 164 cm³/mol. The molecule has 0 aliphatic carbocycles. The number of aromatic nitrogens is 3. The highest BCUT2D eigenvalue weighted by Crippen LogP contribution is 2.34. The van der Waals surface area contributed by atoms with Crippen molar-refractivity contribution in [3.8, 4) is 28.4 Å². The Hall–Kier alpha value is -5.02. The summed E-state index contributed by atoms with van der Waals surface area (Å²) in [5.74, 6) is -0.387. The van der Waals surface area contributed by atoms with Crippen LogP contribution in [0.3, 0.4) is 0 Å². The van der Waals surface area contributed by atoms with E-state index >= 15 is 4.39 Å². The number of benzene rings is 3. The third-order valence-electron chi connectivity index (χ3n) is 7.30. The lowest BCUT2D eigenvalue weighted by Gasteiger charge is -2.19. The fraction of sp³-hybridized carbons (Fsp3) is 0.121. The number of nitrogens with zero attached hydrogens (tertiary/aromatic N) is 2. The molecule has 0 fully saturated rings. The van der Waals surface area contributed by atoms with Gasteiger partial charge >= 0.3 is 0 Å². The van der Waals surface area contributed by atoms with Crippen LogP contribution in [0.4, 0.5) is 14.5 Å². The molecule has 0 amide bonds. The first-order valence-electron chi connectivity index (χ1n) is 13.5. The SMILES string of the molecule is CCC(COc1ccc2c(Oc3ccc(N)cc3F)ccnc2c1)c1cccc(-c2c[nH]c3ccnc(Cl)c3c2=O)c1F. The van der Waals surface area contributed by atoms with E-state index in [2.05, 4.69) is 15.0 Å². The first-order valence-corrected chi connectivity index (χ1v) is 13.9. The maximum absolute atomic E-state index is 16.0. The minimum Gasteiger partial charge on any atom is -0.493 e. The molecule has 1 unspecified atom stereocenters. The average molecular weight is 599 g/mol. The highest BCUT2D eigenvalue weighted by molar-refractivity contribution is 6.34. The molecule has 0 bridgehead atoms. The second-order valence-electron chi connectivity index (χ2n) is 9.96. The van der Waals surface area contributed by atoms with Crippen molar-refractivity contribution in [3.63, 3.8) is 0 Å². The quantitative estimate of drug-likeness (QED) is 0.136. The number of nitrogens with one attached hydrogen (secondary N) is 1. The standard InChI is InChI=1S/C33H25ClF2N4O3/c1-2-18(21-4-3-5-22(31(21)36)24-16-40-26-10-12-39-33(34)30(26)32(24)41)17-42-20-7-8-23-27(15-20)38-13-11-28(23)43-29-9-6-19(37)14-25(29)35/h3-16,18H,2,17,37H2,1H3,(H,40,41). The Kier molecular flexibility index (Phi) is 7.65. The number of nitrogens with two attached hydrogens (primary N) is 1. The Morgan fingerprint density at radius 1 is 0.977 bits per heavy atom. The second kappa shape index (κ2) is 11.7. The minimum absolute atomic E-state index is 0.0440. The summed E-state index contributed by atoms with van der Waals surface area (Å²) in [4.78, 5) is 24.7. The number of H-pyrrole nitrogens is 1. The number of nitrogen functional groups attached to an aromatic ring is 1.